The monoisotopic (exact) mass is 398 g/mol. The summed E-state index contributed by atoms with van der Waals surface area (Å²) in [6, 6.07) is 12.8. The molecule has 0 saturated carbocycles. The van der Waals surface area contributed by atoms with Gasteiger partial charge in [-0.2, -0.15) is 5.10 Å². The van der Waals surface area contributed by atoms with Crippen molar-refractivity contribution in [3.8, 4) is 5.69 Å². The number of amides is 1. The largest absolute Gasteiger partial charge is 0.304 e. The molecule has 0 bridgehead atoms. The Labute approximate surface area is 153 Å². The van der Waals surface area contributed by atoms with Crippen LogP contribution in [-0.4, -0.2) is 26.5 Å². The van der Waals surface area contributed by atoms with Gasteiger partial charge in [-0.1, -0.05) is 18.2 Å². The van der Waals surface area contributed by atoms with Crippen LogP contribution in [0.15, 0.2) is 53.1 Å². The molecule has 1 aromatic carbocycles. The van der Waals surface area contributed by atoms with Crippen LogP contribution in [0.25, 0.3) is 5.69 Å². The van der Waals surface area contributed by atoms with Gasteiger partial charge in [0.15, 0.2) is 0 Å². The third-order valence-electron chi connectivity index (χ3n) is 3.69. The first-order valence-electron chi connectivity index (χ1n) is 7.56. The molecule has 126 valence electrons. The van der Waals surface area contributed by atoms with Gasteiger partial charge >= 0.3 is 0 Å². The fourth-order valence-electron chi connectivity index (χ4n) is 2.53. The van der Waals surface area contributed by atoms with E-state index in [1.54, 1.807) is 36.9 Å². The Kier molecular flexibility index (Phi) is 4.76. The molecule has 3 aromatic rings. The zero-order valence-electron chi connectivity index (χ0n) is 13.7. The van der Waals surface area contributed by atoms with Crippen LogP contribution in [0.1, 0.15) is 21.7 Å². The topological polar surface area (TPSA) is 76.9 Å². The molecular weight excluding hydrogens is 384 g/mol. The number of rotatable bonds is 4. The maximum atomic E-state index is 12.6. The smallest absolute Gasteiger partial charge is 0.298 e. The number of Topliss-reactive ketones (excluding diaryl/α,β-unsaturated/α-hetero) is 1. The number of hydrogen-bond acceptors (Lipinski definition) is 4. The summed E-state index contributed by atoms with van der Waals surface area (Å²) >= 11 is 3.27. The molecule has 2 heterocycles. The number of aromatic nitrogens is 3. The van der Waals surface area contributed by atoms with Crippen molar-refractivity contribution in [1.29, 1.82) is 0 Å². The SMILES string of the molecule is Cc1nn(-c2ccccc2)c(C)c1C(=O)C(=O)Nc1ccc(Br)cn1. The standard InChI is InChI=1S/C18H15BrN4O2/c1-11-16(12(2)23(22-11)14-6-4-3-5-7-14)17(24)18(25)21-15-9-8-13(19)10-20-15/h3-10H,1-2H3,(H,20,21,25). The number of pyridine rings is 1. The van der Waals surface area contributed by atoms with Crippen molar-refractivity contribution in [1.82, 2.24) is 14.8 Å². The van der Waals surface area contributed by atoms with E-state index in [-0.39, 0.29) is 0 Å². The number of hydrogen-bond donors (Lipinski definition) is 1. The van der Waals surface area contributed by atoms with Crippen LogP contribution in [0.3, 0.4) is 0 Å². The van der Waals surface area contributed by atoms with E-state index in [1.165, 1.54) is 0 Å². The number of nitrogens with one attached hydrogen (secondary N) is 1. The summed E-state index contributed by atoms with van der Waals surface area (Å²) in [4.78, 5) is 28.9. The Bertz CT molecular complexity index is 934. The molecule has 0 radical (unpaired) electrons. The molecule has 0 spiro atoms. The lowest BCUT2D eigenvalue weighted by molar-refractivity contribution is -0.112. The van der Waals surface area contributed by atoms with Crippen LogP contribution in [-0.2, 0) is 4.79 Å². The predicted octanol–water partition coefficient (Wildman–Crippen LogP) is 3.47. The van der Waals surface area contributed by atoms with Gasteiger partial charge in [0.2, 0.25) is 0 Å². The van der Waals surface area contributed by atoms with E-state index >= 15 is 0 Å². The molecule has 2 aromatic heterocycles. The number of nitrogens with zero attached hydrogens (tertiary/aromatic N) is 3. The van der Waals surface area contributed by atoms with Crippen molar-refractivity contribution in [3.63, 3.8) is 0 Å². The highest BCUT2D eigenvalue weighted by Crippen LogP contribution is 2.19. The van der Waals surface area contributed by atoms with E-state index in [9.17, 15) is 9.59 Å². The molecule has 6 nitrogen and oxygen atoms in total. The number of aryl methyl sites for hydroxylation is 1. The Hall–Kier alpha value is -2.80. The summed E-state index contributed by atoms with van der Waals surface area (Å²) in [6.45, 7) is 3.48. The number of carbonyl (C=O) groups is 2. The summed E-state index contributed by atoms with van der Waals surface area (Å²) in [6.07, 6.45) is 1.55. The number of para-hydroxylation sites is 1. The zero-order chi connectivity index (χ0) is 18.0. The first kappa shape index (κ1) is 17.0. The summed E-state index contributed by atoms with van der Waals surface area (Å²) in [5.74, 6) is -1.07. The molecule has 7 heteroatoms. The second-order valence-electron chi connectivity index (χ2n) is 5.44. The highest BCUT2D eigenvalue weighted by Gasteiger charge is 2.25. The summed E-state index contributed by atoms with van der Waals surface area (Å²) in [5, 5.41) is 6.91. The first-order chi connectivity index (χ1) is 12.0. The van der Waals surface area contributed by atoms with E-state index < -0.39 is 11.7 Å². The van der Waals surface area contributed by atoms with E-state index in [1.807, 2.05) is 30.3 Å². The molecule has 0 aliphatic heterocycles. The number of carbonyl (C=O) groups excluding carboxylic acids is 2. The quantitative estimate of drug-likeness (QED) is 0.539. The predicted molar refractivity (Wildman–Crippen MR) is 97.9 cm³/mol. The van der Waals surface area contributed by atoms with Crippen LogP contribution in [0, 0.1) is 13.8 Å². The van der Waals surface area contributed by atoms with E-state index in [0.717, 1.165) is 10.2 Å². The molecule has 0 atom stereocenters. The Morgan fingerprint density at radius 1 is 1.08 bits per heavy atom. The van der Waals surface area contributed by atoms with Crippen molar-refractivity contribution in [2.45, 2.75) is 13.8 Å². The minimum absolute atomic E-state index is 0.304. The molecule has 1 amide bonds. The lowest BCUT2D eigenvalue weighted by Crippen LogP contribution is -2.24. The van der Waals surface area contributed by atoms with Crippen molar-refractivity contribution < 1.29 is 9.59 Å². The van der Waals surface area contributed by atoms with Gasteiger partial charge in [-0.3, -0.25) is 9.59 Å². The molecule has 25 heavy (non-hydrogen) atoms. The average Bonchev–Trinajstić information content (AvgIpc) is 2.91. The maximum absolute atomic E-state index is 12.6. The number of ketones is 1. The number of anilines is 1. The van der Waals surface area contributed by atoms with Crippen LogP contribution < -0.4 is 5.32 Å². The van der Waals surface area contributed by atoms with Crippen molar-refractivity contribution in [3.05, 3.63) is 70.1 Å². The van der Waals surface area contributed by atoms with Crippen molar-refractivity contribution >= 4 is 33.4 Å². The Morgan fingerprint density at radius 3 is 2.44 bits per heavy atom. The molecule has 0 saturated heterocycles. The lowest BCUT2D eigenvalue weighted by atomic mass is 10.1. The van der Waals surface area contributed by atoms with Gasteiger partial charge in [0.25, 0.3) is 11.7 Å². The molecular formula is C18H15BrN4O2. The van der Waals surface area contributed by atoms with Gasteiger partial charge in [-0.15, -0.1) is 0 Å². The molecule has 1 N–H and O–H groups in total. The van der Waals surface area contributed by atoms with E-state index in [4.69, 9.17) is 0 Å². The van der Waals surface area contributed by atoms with Gasteiger partial charge in [-0.05, 0) is 54.0 Å². The van der Waals surface area contributed by atoms with E-state index in [2.05, 4.69) is 31.3 Å². The average molecular weight is 399 g/mol. The molecule has 3 rings (SSSR count). The fourth-order valence-corrected chi connectivity index (χ4v) is 2.76. The third-order valence-corrected chi connectivity index (χ3v) is 4.16. The first-order valence-corrected chi connectivity index (χ1v) is 8.35. The minimum atomic E-state index is -0.742. The summed E-state index contributed by atoms with van der Waals surface area (Å²) < 4.78 is 2.45. The van der Waals surface area contributed by atoms with Crippen LogP contribution >= 0.6 is 15.9 Å². The molecule has 0 aliphatic rings. The second kappa shape index (κ2) is 6.98. The summed E-state index contributed by atoms with van der Waals surface area (Å²) in [7, 11) is 0. The summed E-state index contributed by atoms with van der Waals surface area (Å²) in [5.41, 5.74) is 2.26. The number of benzene rings is 1. The molecule has 0 aliphatic carbocycles. The van der Waals surface area contributed by atoms with Gasteiger partial charge in [0.1, 0.15) is 5.82 Å². The minimum Gasteiger partial charge on any atom is -0.304 e. The maximum Gasteiger partial charge on any atom is 0.298 e. The highest BCUT2D eigenvalue weighted by atomic mass is 79.9. The van der Waals surface area contributed by atoms with Crippen LogP contribution in [0.2, 0.25) is 0 Å². The third kappa shape index (κ3) is 3.51. The van der Waals surface area contributed by atoms with Crippen LogP contribution in [0.5, 0.6) is 0 Å². The van der Waals surface area contributed by atoms with Gasteiger partial charge < -0.3 is 5.32 Å². The Morgan fingerprint density at radius 2 is 1.80 bits per heavy atom. The zero-order valence-corrected chi connectivity index (χ0v) is 15.2. The van der Waals surface area contributed by atoms with Gasteiger partial charge in [-0.25, -0.2) is 9.67 Å². The lowest BCUT2D eigenvalue weighted by Gasteiger charge is -2.06. The number of halogens is 1. The van der Waals surface area contributed by atoms with Crippen molar-refractivity contribution in [2.75, 3.05) is 5.32 Å². The Balaban J connectivity index is 1.88. The highest BCUT2D eigenvalue weighted by molar-refractivity contribution is 9.10. The van der Waals surface area contributed by atoms with E-state index in [0.29, 0.717) is 22.8 Å². The molecule has 0 fully saturated rings. The normalized spacial score (nSPS) is 10.5. The second-order valence-corrected chi connectivity index (χ2v) is 6.35. The van der Waals surface area contributed by atoms with Gasteiger partial charge in [0, 0.05) is 10.7 Å². The van der Waals surface area contributed by atoms with Gasteiger partial charge in [0.05, 0.1) is 22.6 Å². The fraction of sp³-hybridized carbons (Fsp3) is 0.111. The molecule has 0 unspecified atom stereocenters. The van der Waals surface area contributed by atoms with Crippen molar-refractivity contribution in [2.24, 2.45) is 0 Å². The van der Waals surface area contributed by atoms with Crippen LogP contribution in [0.4, 0.5) is 5.82 Å².